The monoisotopic (exact) mass is 260 g/mol. The molecule has 4 heteroatoms. The number of carbonyl (C=O) groups is 1. The summed E-state index contributed by atoms with van der Waals surface area (Å²) >= 11 is 0. The van der Waals surface area contributed by atoms with Crippen LogP contribution in [0.25, 0.3) is 5.53 Å². The molecule has 0 aliphatic rings. The molecule has 0 atom stereocenters. The maximum atomic E-state index is 12.4. The van der Waals surface area contributed by atoms with Gasteiger partial charge in [0.2, 0.25) is 0 Å². The summed E-state index contributed by atoms with van der Waals surface area (Å²) < 4.78 is 0. The first kappa shape index (κ1) is 14.5. The smallest absolute Gasteiger partial charge is 0.305 e. The van der Waals surface area contributed by atoms with E-state index in [1.54, 1.807) is 12.1 Å². The zero-order valence-corrected chi connectivity index (χ0v) is 12.3. The van der Waals surface area contributed by atoms with E-state index in [0.717, 1.165) is 18.1 Å². The van der Waals surface area contributed by atoms with E-state index in [2.05, 4.69) is 25.6 Å². The van der Waals surface area contributed by atoms with Crippen LogP contribution < -0.4 is 0 Å². The molecule has 0 saturated carbocycles. The summed E-state index contributed by atoms with van der Waals surface area (Å²) in [6.07, 6.45) is 0. The van der Waals surface area contributed by atoms with Crippen LogP contribution in [0.1, 0.15) is 31.1 Å². The summed E-state index contributed by atoms with van der Waals surface area (Å²) in [6, 6.07) is 11.9. The second-order valence-corrected chi connectivity index (χ2v) is 9.64. The lowest BCUT2D eigenvalue weighted by Gasteiger charge is -2.21. The van der Waals surface area contributed by atoms with Crippen molar-refractivity contribution in [3.63, 3.8) is 0 Å². The topological polar surface area (TPSA) is 53.5 Å². The molecule has 1 aromatic carbocycles. The maximum absolute atomic E-state index is 12.4. The van der Waals surface area contributed by atoms with Crippen molar-refractivity contribution in [1.29, 1.82) is 0 Å². The SMILES string of the molecule is CC[Si](CC)(CC)C(=[N+]=[N-])C(=O)c1ccccc1. The van der Waals surface area contributed by atoms with Gasteiger partial charge < -0.3 is 5.53 Å². The third-order valence-electron chi connectivity index (χ3n) is 3.88. The van der Waals surface area contributed by atoms with Gasteiger partial charge in [-0.25, -0.2) is 0 Å². The zero-order valence-electron chi connectivity index (χ0n) is 11.3. The molecule has 0 fully saturated rings. The van der Waals surface area contributed by atoms with Gasteiger partial charge in [-0.05, 0) is 18.1 Å². The van der Waals surface area contributed by atoms with E-state index in [0.29, 0.717) is 10.9 Å². The predicted molar refractivity (Wildman–Crippen MR) is 76.6 cm³/mol. The Morgan fingerprint density at radius 3 is 2.00 bits per heavy atom. The molecule has 18 heavy (non-hydrogen) atoms. The molecule has 0 aliphatic heterocycles. The Kier molecular flexibility index (Phi) is 5.19. The Balaban J connectivity index is 3.20. The molecular formula is C14H20N2OSi. The Hall–Kier alpha value is -1.51. The van der Waals surface area contributed by atoms with Gasteiger partial charge in [-0.1, -0.05) is 51.1 Å². The quantitative estimate of drug-likeness (QED) is 0.253. The first-order valence-corrected chi connectivity index (χ1v) is 9.09. The van der Waals surface area contributed by atoms with Gasteiger partial charge in [0.25, 0.3) is 5.78 Å². The van der Waals surface area contributed by atoms with Gasteiger partial charge in [-0.15, -0.1) is 0 Å². The Morgan fingerprint density at radius 1 is 1.11 bits per heavy atom. The van der Waals surface area contributed by atoms with Crippen molar-refractivity contribution in [1.82, 2.24) is 0 Å². The molecule has 0 aliphatic carbocycles. The van der Waals surface area contributed by atoms with Crippen LogP contribution in [0.15, 0.2) is 30.3 Å². The Labute approximate surface area is 109 Å². The molecule has 96 valence electrons. The van der Waals surface area contributed by atoms with Crippen molar-refractivity contribution in [2.45, 2.75) is 38.9 Å². The molecule has 1 aromatic rings. The van der Waals surface area contributed by atoms with Crippen LogP contribution in [0.5, 0.6) is 0 Å². The minimum absolute atomic E-state index is 0.115. The van der Waals surface area contributed by atoms with E-state index in [9.17, 15) is 10.3 Å². The standard InChI is InChI=1S/C14H20N2OSi/c1-4-18(5-2,6-3)14(16-15)13(17)12-10-8-7-9-11-12/h7-11H,4-6H2,1-3H3. The van der Waals surface area contributed by atoms with Gasteiger partial charge in [-0.3, -0.25) is 4.79 Å². The fourth-order valence-corrected chi connectivity index (χ4v) is 5.71. The summed E-state index contributed by atoms with van der Waals surface area (Å²) in [4.78, 5) is 15.8. The third kappa shape index (κ3) is 2.66. The van der Waals surface area contributed by atoms with Gasteiger partial charge in [0.05, 0.1) is 0 Å². The van der Waals surface area contributed by atoms with Crippen LogP contribution >= 0.6 is 0 Å². The van der Waals surface area contributed by atoms with Gasteiger partial charge in [0.15, 0.2) is 8.07 Å². The fraction of sp³-hybridized carbons (Fsp3) is 0.429. The third-order valence-corrected chi connectivity index (χ3v) is 9.28. The minimum atomic E-state index is -1.94. The lowest BCUT2D eigenvalue weighted by Crippen LogP contribution is -2.47. The fourth-order valence-electron chi connectivity index (χ4n) is 2.37. The number of ketones is 1. The van der Waals surface area contributed by atoms with Gasteiger partial charge in [-0.2, -0.15) is 4.79 Å². The molecule has 0 amide bonds. The summed E-state index contributed by atoms with van der Waals surface area (Å²) in [5, 5.41) is 0.418. The Bertz CT molecular complexity index is 452. The van der Waals surface area contributed by atoms with Crippen molar-refractivity contribution in [2.24, 2.45) is 0 Å². The molecule has 0 aromatic heterocycles. The molecule has 0 bridgehead atoms. The molecule has 0 radical (unpaired) electrons. The van der Waals surface area contributed by atoms with Crippen LogP contribution in [-0.4, -0.2) is 24.0 Å². The van der Waals surface area contributed by atoms with Gasteiger partial charge in [0.1, 0.15) is 0 Å². The first-order valence-electron chi connectivity index (χ1n) is 6.47. The predicted octanol–water partition coefficient (Wildman–Crippen LogP) is 3.59. The van der Waals surface area contributed by atoms with Crippen molar-refractivity contribution in [3.8, 4) is 0 Å². The first-order chi connectivity index (χ1) is 8.65. The Morgan fingerprint density at radius 2 is 1.61 bits per heavy atom. The van der Waals surface area contributed by atoms with Gasteiger partial charge in [0, 0.05) is 5.56 Å². The summed E-state index contributed by atoms with van der Waals surface area (Å²) in [5.74, 6) is -0.115. The van der Waals surface area contributed by atoms with Crippen molar-refractivity contribution in [3.05, 3.63) is 41.4 Å². The second-order valence-electron chi connectivity index (χ2n) is 4.48. The van der Waals surface area contributed by atoms with Crippen LogP contribution in [-0.2, 0) is 0 Å². The average molecular weight is 260 g/mol. The number of carbonyl (C=O) groups excluding carboxylic acids is 1. The largest absolute Gasteiger partial charge is 0.362 e. The average Bonchev–Trinajstić information content (AvgIpc) is 2.45. The summed E-state index contributed by atoms with van der Waals surface area (Å²) in [5.41, 5.74) is 9.90. The number of hydrogen-bond acceptors (Lipinski definition) is 1. The summed E-state index contributed by atoms with van der Waals surface area (Å²) in [6.45, 7) is 6.26. The highest BCUT2D eigenvalue weighted by Crippen LogP contribution is 2.23. The van der Waals surface area contributed by atoms with E-state index in [4.69, 9.17) is 0 Å². The highest BCUT2D eigenvalue weighted by atomic mass is 28.3. The van der Waals surface area contributed by atoms with E-state index in [1.807, 2.05) is 18.2 Å². The van der Waals surface area contributed by atoms with Crippen molar-refractivity contribution in [2.75, 3.05) is 0 Å². The van der Waals surface area contributed by atoms with Crippen molar-refractivity contribution >= 4 is 19.2 Å². The van der Waals surface area contributed by atoms with E-state index in [-0.39, 0.29) is 5.78 Å². The summed E-state index contributed by atoms with van der Waals surface area (Å²) in [7, 11) is -1.94. The van der Waals surface area contributed by atoms with Crippen LogP contribution in [0.4, 0.5) is 0 Å². The number of Topliss-reactive ketones (excluding diaryl/α,β-unsaturated/α-hetero) is 1. The van der Waals surface area contributed by atoms with Crippen LogP contribution in [0.2, 0.25) is 18.1 Å². The number of benzene rings is 1. The molecule has 1 rings (SSSR count). The van der Waals surface area contributed by atoms with E-state index in [1.165, 1.54) is 0 Å². The van der Waals surface area contributed by atoms with Crippen LogP contribution in [0.3, 0.4) is 0 Å². The molecule has 0 saturated heterocycles. The highest BCUT2D eigenvalue weighted by molar-refractivity contribution is 7.14. The normalized spacial score (nSPS) is 10.8. The maximum Gasteiger partial charge on any atom is 0.305 e. The highest BCUT2D eigenvalue weighted by Gasteiger charge is 2.45. The zero-order chi connectivity index (χ0) is 13.6. The molecular weight excluding hydrogens is 240 g/mol. The molecule has 3 nitrogen and oxygen atoms in total. The lowest BCUT2D eigenvalue weighted by atomic mass is 10.1. The van der Waals surface area contributed by atoms with Gasteiger partial charge >= 0.3 is 5.33 Å². The van der Waals surface area contributed by atoms with E-state index >= 15 is 0 Å². The van der Waals surface area contributed by atoms with E-state index < -0.39 is 8.07 Å². The second kappa shape index (κ2) is 6.43. The molecule has 0 unspecified atom stereocenters. The molecule has 0 heterocycles. The molecule has 0 spiro atoms. The molecule has 0 N–H and O–H groups in total. The number of rotatable bonds is 6. The van der Waals surface area contributed by atoms with Crippen molar-refractivity contribution < 1.29 is 9.58 Å². The van der Waals surface area contributed by atoms with Crippen LogP contribution in [0, 0.1) is 0 Å². The number of nitrogens with zero attached hydrogens (tertiary/aromatic N) is 2. The number of hydrogen-bond donors (Lipinski definition) is 0. The lowest BCUT2D eigenvalue weighted by molar-refractivity contribution is -0.00264. The minimum Gasteiger partial charge on any atom is -0.362 e.